The van der Waals surface area contributed by atoms with Crippen molar-refractivity contribution >= 4 is 5.91 Å². The molecule has 0 fully saturated rings. The third-order valence-electron chi connectivity index (χ3n) is 4.38. The highest BCUT2D eigenvalue weighted by Crippen LogP contribution is 2.31. The van der Waals surface area contributed by atoms with E-state index >= 15 is 0 Å². The largest absolute Gasteiger partial charge is 0.493 e. The van der Waals surface area contributed by atoms with Crippen molar-refractivity contribution in [3.8, 4) is 28.4 Å². The van der Waals surface area contributed by atoms with Gasteiger partial charge in [0, 0.05) is 35.2 Å². The Labute approximate surface area is 163 Å². The number of carbonyl (C=O) groups excluding carboxylic acids is 1. The van der Waals surface area contributed by atoms with Crippen molar-refractivity contribution in [1.82, 2.24) is 4.98 Å². The van der Waals surface area contributed by atoms with E-state index in [-0.39, 0.29) is 0 Å². The van der Waals surface area contributed by atoms with Crippen molar-refractivity contribution in [2.75, 3.05) is 14.2 Å². The number of rotatable bonds is 7. The molecule has 28 heavy (non-hydrogen) atoms. The van der Waals surface area contributed by atoms with E-state index in [2.05, 4.69) is 4.98 Å². The van der Waals surface area contributed by atoms with E-state index in [1.807, 2.05) is 31.2 Å². The van der Waals surface area contributed by atoms with Crippen LogP contribution in [-0.2, 0) is 6.61 Å². The zero-order valence-corrected chi connectivity index (χ0v) is 16.1. The topological polar surface area (TPSA) is 83.7 Å². The third-order valence-corrected chi connectivity index (χ3v) is 4.38. The van der Waals surface area contributed by atoms with Gasteiger partial charge in [-0.3, -0.25) is 9.78 Å². The molecule has 0 bridgehead atoms. The lowest BCUT2D eigenvalue weighted by Crippen LogP contribution is -2.12. The Hall–Kier alpha value is -3.54. The summed E-state index contributed by atoms with van der Waals surface area (Å²) in [5, 5.41) is 0. The second-order valence-corrected chi connectivity index (χ2v) is 6.28. The maximum absolute atomic E-state index is 11.4. The molecule has 0 radical (unpaired) electrons. The van der Waals surface area contributed by atoms with Crippen LogP contribution in [0.5, 0.6) is 17.2 Å². The lowest BCUT2D eigenvalue weighted by atomic mass is 10.00. The highest BCUT2D eigenvalue weighted by atomic mass is 16.5. The number of hydrogen-bond donors (Lipinski definition) is 1. The molecule has 0 aliphatic heterocycles. The molecule has 0 aliphatic carbocycles. The van der Waals surface area contributed by atoms with Gasteiger partial charge in [-0.15, -0.1) is 0 Å². The monoisotopic (exact) mass is 378 g/mol. The van der Waals surface area contributed by atoms with Crippen LogP contribution in [0, 0.1) is 6.92 Å². The Morgan fingerprint density at radius 1 is 0.964 bits per heavy atom. The van der Waals surface area contributed by atoms with E-state index in [9.17, 15) is 4.79 Å². The number of aryl methyl sites for hydroxylation is 1. The van der Waals surface area contributed by atoms with Crippen LogP contribution in [0.15, 0.2) is 54.9 Å². The molecule has 2 N–H and O–H groups in total. The van der Waals surface area contributed by atoms with Crippen LogP contribution >= 0.6 is 0 Å². The van der Waals surface area contributed by atoms with E-state index < -0.39 is 5.91 Å². The fraction of sp³-hybridized carbons (Fsp3) is 0.182. The Kier molecular flexibility index (Phi) is 5.79. The zero-order valence-electron chi connectivity index (χ0n) is 16.1. The van der Waals surface area contributed by atoms with Crippen LogP contribution in [0.4, 0.5) is 0 Å². The molecular formula is C22H22N2O4. The first-order valence-electron chi connectivity index (χ1n) is 8.71. The average molecular weight is 378 g/mol. The van der Waals surface area contributed by atoms with Crippen molar-refractivity contribution in [2.24, 2.45) is 5.73 Å². The smallest absolute Gasteiger partial charge is 0.248 e. The van der Waals surface area contributed by atoms with E-state index in [1.165, 1.54) is 0 Å². The first-order chi connectivity index (χ1) is 13.5. The maximum Gasteiger partial charge on any atom is 0.248 e. The van der Waals surface area contributed by atoms with Crippen molar-refractivity contribution < 1.29 is 19.0 Å². The van der Waals surface area contributed by atoms with Gasteiger partial charge in [-0.2, -0.15) is 0 Å². The number of carbonyl (C=O) groups is 1. The van der Waals surface area contributed by atoms with Gasteiger partial charge in [-0.05, 0) is 42.3 Å². The van der Waals surface area contributed by atoms with Crippen molar-refractivity contribution in [3.05, 3.63) is 71.5 Å². The van der Waals surface area contributed by atoms with Gasteiger partial charge < -0.3 is 19.9 Å². The Balaban J connectivity index is 1.77. The molecule has 3 aromatic rings. The molecule has 0 spiro atoms. The molecule has 6 nitrogen and oxygen atoms in total. The van der Waals surface area contributed by atoms with E-state index in [0.717, 1.165) is 22.3 Å². The molecule has 6 heteroatoms. The van der Waals surface area contributed by atoms with Gasteiger partial charge in [0.1, 0.15) is 12.4 Å². The summed E-state index contributed by atoms with van der Waals surface area (Å²) in [7, 11) is 3.17. The number of amides is 1. The van der Waals surface area contributed by atoms with Gasteiger partial charge in [0.2, 0.25) is 5.91 Å². The van der Waals surface area contributed by atoms with E-state index in [0.29, 0.717) is 29.4 Å². The summed E-state index contributed by atoms with van der Waals surface area (Å²) in [5.41, 5.74) is 9.54. The van der Waals surface area contributed by atoms with Crippen LogP contribution in [0.1, 0.15) is 21.5 Å². The summed E-state index contributed by atoms with van der Waals surface area (Å²) in [6.45, 7) is 2.22. The first-order valence-corrected chi connectivity index (χ1v) is 8.71. The minimum atomic E-state index is -0.431. The minimum Gasteiger partial charge on any atom is -0.493 e. The predicted molar refractivity (Wildman–Crippen MR) is 107 cm³/mol. The summed E-state index contributed by atoms with van der Waals surface area (Å²) >= 11 is 0. The summed E-state index contributed by atoms with van der Waals surface area (Å²) in [6.07, 6.45) is 3.54. The van der Waals surface area contributed by atoms with Crippen LogP contribution < -0.4 is 19.9 Å². The molecule has 1 heterocycles. The van der Waals surface area contributed by atoms with Gasteiger partial charge in [0.25, 0.3) is 0 Å². The molecule has 1 amide bonds. The van der Waals surface area contributed by atoms with Crippen LogP contribution in [0.25, 0.3) is 11.1 Å². The number of aromatic nitrogens is 1. The van der Waals surface area contributed by atoms with Gasteiger partial charge in [0.05, 0.1) is 14.2 Å². The van der Waals surface area contributed by atoms with Crippen LogP contribution in [0.2, 0.25) is 0 Å². The second kappa shape index (κ2) is 8.43. The Morgan fingerprint density at radius 3 is 2.43 bits per heavy atom. The third kappa shape index (κ3) is 4.23. The first kappa shape index (κ1) is 19.2. The Morgan fingerprint density at radius 2 is 1.75 bits per heavy atom. The number of ether oxygens (including phenoxy) is 3. The molecule has 3 rings (SSSR count). The lowest BCUT2D eigenvalue weighted by Gasteiger charge is -2.11. The molecule has 1 aromatic heterocycles. The van der Waals surface area contributed by atoms with Gasteiger partial charge in [0.15, 0.2) is 11.5 Å². The molecular weight excluding hydrogens is 356 g/mol. The van der Waals surface area contributed by atoms with Gasteiger partial charge >= 0.3 is 0 Å². The van der Waals surface area contributed by atoms with Gasteiger partial charge in [-0.25, -0.2) is 0 Å². The number of methoxy groups -OCH3 is 2. The number of hydrogen-bond acceptors (Lipinski definition) is 5. The SMILES string of the molecule is COc1ccc(OCc2cncc(-c3ccc(C(N)=O)c(C)c3)c2)cc1OC. The summed E-state index contributed by atoms with van der Waals surface area (Å²) in [6, 6.07) is 12.9. The Bertz CT molecular complexity index is 1000. The molecule has 0 atom stereocenters. The summed E-state index contributed by atoms with van der Waals surface area (Å²) in [4.78, 5) is 15.7. The number of nitrogens with two attached hydrogens (primary N) is 1. The summed E-state index contributed by atoms with van der Waals surface area (Å²) < 4.78 is 16.4. The normalized spacial score (nSPS) is 10.4. The molecule has 0 unspecified atom stereocenters. The molecule has 0 saturated carbocycles. The minimum absolute atomic E-state index is 0.356. The molecule has 0 aliphatic rings. The highest BCUT2D eigenvalue weighted by molar-refractivity contribution is 5.94. The number of primary amides is 1. The number of benzene rings is 2. The number of nitrogens with zero attached hydrogens (tertiary/aromatic N) is 1. The van der Waals surface area contributed by atoms with Crippen molar-refractivity contribution in [1.29, 1.82) is 0 Å². The van der Waals surface area contributed by atoms with Crippen molar-refractivity contribution in [2.45, 2.75) is 13.5 Å². The fourth-order valence-electron chi connectivity index (χ4n) is 2.92. The maximum atomic E-state index is 11.4. The average Bonchev–Trinajstić information content (AvgIpc) is 2.71. The van der Waals surface area contributed by atoms with E-state index in [4.69, 9.17) is 19.9 Å². The van der Waals surface area contributed by atoms with E-state index in [1.54, 1.807) is 44.8 Å². The number of pyridine rings is 1. The van der Waals surface area contributed by atoms with Gasteiger partial charge in [-0.1, -0.05) is 12.1 Å². The lowest BCUT2D eigenvalue weighted by molar-refractivity contribution is 0.0999. The van der Waals surface area contributed by atoms with Crippen LogP contribution in [-0.4, -0.2) is 25.1 Å². The fourth-order valence-corrected chi connectivity index (χ4v) is 2.92. The van der Waals surface area contributed by atoms with Crippen molar-refractivity contribution in [3.63, 3.8) is 0 Å². The standard InChI is InChI=1S/C22H22N2O4/c1-14-8-16(4-6-19(14)22(23)25)17-9-15(11-24-12-17)13-28-18-5-7-20(26-2)21(10-18)27-3/h4-12H,13H2,1-3H3,(H2,23,25). The molecule has 0 saturated heterocycles. The molecule has 2 aromatic carbocycles. The zero-order chi connectivity index (χ0) is 20.1. The second-order valence-electron chi connectivity index (χ2n) is 6.28. The van der Waals surface area contributed by atoms with Crippen LogP contribution in [0.3, 0.4) is 0 Å². The molecule has 144 valence electrons. The predicted octanol–water partition coefficient (Wildman–Crippen LogP) is 3.75. The summed E-state index contributed by atoms with van der Waals surface area (Å²) in [5.74, 6) is 1.49. The highest BCUT2D eigenvalue weighted by Gasteiger charge is 2.09. The quantitative estimate of drug-likeness (QED) is 0.677.